The molecular weight excluding hydrogens is 669 g/mol. The van der Waals surface area contributed by atoms with Gasteiger partial charge in [-0.3, -0.25) is 0 Å². The number of aromatic nitrogens is 1. The number of allylic oxidation sites excluding steroid dienone is 5. The maximum absolute atomic E-state index is 6.52. The zero-order chi connectivity index (χ0) is 36.3. The molecule has 0 saturated heterocycles. The van der Waals surface area contributed by atoms with Crippen LogP contribution in [0.5, 0.6) is 0 Å². The van der Waals surface area contributed by atoms with Gasteiger partial charge in [-0.15, -0.1) is 0 Å². The van der Waals surface area contributed by atoms with Gasteiger partial charge in [0, 0.05) is 38.8 Å². The second kappa shape index (κ2) is 12.8. The predicted octanol–water partition coefficient (Wildman–Crippen LogP) is 13.8. The molecule has 2 aromatic heterocycles. The fourth-order valence-corrected chi connectivity index (χ4v) is 8.77. The summed E-state index contributed by atoms with van der Waals surface area (Å²) < 4.78 is 8.88. The van der Waals surface area contributed by atoms with Gasteiger partial charge in [-0.2, -0.15) is 0 Å². The van der Waals surface area contributed by atoms with Crippen molar-refractivity contribution in [3.8, 4) is 27.9 Å². The SMILES string of the molecule is C1=CC2=CC=CC(N(c3ccc(-c4ccccc4)cc3)c3ccc(-c4ccc5c(c4)c4ccccc4n5-c4cccc5c4oc4ccccc45)cc3)[C@@H]2C=C1. The molecular formula is C52H36N2O. The second-order valence-corrected chi connectivity index (χ2v) is 14.5. The average Bonchev–Trinajstić information content (AvgIpc) is 3.80. The summed E-state index contributed by atoms with van der Waals surface area (Å²) in [5.74, 6) is 0.258. The highest BCUT2D eigenvalue weighted by Crippen LogP contribution is 2.41. The largest absolute Gasteiger partial charge is 0.454 e. The minimum atomic E-state index is 0.133. The van der Waals surface area contributed by atoms with Crippen molar-refractivity contribution >= 4 is 55.1 Å². The second-order valence-electron chi connectivity index (χ2n) is 14.5. The standard InChI is InChI=1S/C52H36N2O/c1-2-12-35(13-3-1)36-24-29-40(30-25-36)53(47-21-10-15-38-14-4-5-16-42(38)47)41-31-26-37(27-32-41)39-28-33-49-46(34-39)43-17-6-8-20-48(43)54(49)50-22-11-19-45-44-18-7-9-23-51(44)55-52(45)50/h1-34,42,47H/t42-,47?/m1/s1. The molecule has 260 valence electrons. The lowest BCUT2D eigenvalue weighted by molar-refractivity contribution is 0.640. The van der Waals surface area contributed by atoms with Crippen LogP contribution in [0.25, 0.3) is 71.7 Å². The first-order valence-electron chi connectivity index (χ1n) is 19.0. The Bertz CT molecular complexity index is 3030. The lowest BCUT2D eigenvalue weighted by Gasteiger charge is -2.38. The molecule has 55 heavy (non-hydrogen) atoms. The minimum Gasteiger partial charge on any atom is -0.454 e. The van der Waals surface area contributed by atoms with E-state index in [4.69, 9.17) is 4.42 Å². The third kappa shape index (κ3) is 5.20. The highest BCUT2D eigenvalue weighted by molar-refractivity contribution is 6.13. The number of hydrogen-bond acceptors (Lipinski definition) is 2. The average molecular weight is 705 g/mol. The van der Waals surface area contributed by atoms with E-state index in [0.717, 1.165) is 44.3 Å². The van der Waals surface area contributed by atoms with Crippen molar-refractivity contribution in [2.45, 2.75) is 6.04 Å². The number of fused-ring (bicyclic) bond motifs is 7. The number of furan rings is 1. The molecule has 0 radical (unpaired) electrons. The molecule has 0 bridgehead atoms. The van der Waals surface area contributed by atoms with Crippen LogP contribution in [-0.2, 0) is 0 Å². The van der Waals surface area contributed by atoms with E-state index in [0.29, 0.717) is 0 Å². The Balaban J connectivity index is 0.998. The monoisotopic (exact) mass is 704 g/mol. The normalized spacial score (nSPS) is 16.3. The highest BCUT2D eigenvalue weighted by atomic mass is 16.3. The number of nitrogens with zero attached hydrogens (tertiary/aromatic N) is 2. The summed E-state index contributed by atoms with van der Waals surface area (Å²) in [6.45, 7) is 0. The highest BCUT2D eigenvalue weighted by Gasteiger charge is 2.30. The van der Waals surface area contributed by atoms with Gasteiger partial charge in [-0.1, -0.05) is 152 Å². The molecule has 2 heterocycles. The van der Waals surface area contributed by atoms with E-state index in [-0.39, 0.29) is 12.0 Å². The van der Waals surface area contributed by atoms with Crippen molar-refractivity contribution in [2.24, 2.45) is 5.92 Å². The van der Waals surface area contributed by atoms with Crippen molar-refractivity contribution in [3.63, 3.8) is 0 Å². The van der Waals surface area contributed by atoms with Crippen LogP contribution in [0, 0.1) is 5.92 Å². The summed E-state index contributed by atoms with van der Waals surface area (Å²) >= 11 is 0. The smallest absolute Gasteiger partial charge is 0.159 e. The van der Waals surface area contributed by atoms with E-state index >= 15 is 0 Å². The third-order valence-corrected chi connectivity index (χ3v) is 11.4. The fourth-order valence-electron chi connectivity index (χ4n) is 8.77. The van der Waals surface area contributed by atoms with Gasteiger partial charge < -0.3 is 13.9 Å². The first-order valence-corrected chi connectivity index (χ1v) is 19.0. The van der Waals surface area contributed by atoms with Crippen LogP contribution in [-0.4, -0.2) is 10.6 Å². The van der Waals surface area contributed by atoms with Crippen molar-refractivity contribution in [3.05, 3.63) is 212 Å². The van der Waals surface area contributed by atoms with Crippen molar-refractivity contribution in [2.75, 3.05) is 4.90 Å². The van der Waals surface area contributed by atoms with Gasteiger partial charge in [0.15, 0.2) is 5.58 Å². The maximum atomic E-state index is 6.52. The summed E-state index contributed by atoms with van der Waals surface area (Å²) in [4.78, 5) is 2.49. The predicted molar refractivity (Wildman–Crippen MR) is 230 cm³/mol. The number of rotatable bonds is 6. The summed E-state index contributed by atoms with van der Waals surface area (Å²) in [5.41, 5.74) is 13.6. The lowest BCUT2D eigenvalue weighted by Crippen LogP contribution is -2.37. The number of anilines is 2. The van der Waals surface area contributed by atoms with Crippen molar-refractivity contribution in [1.29, 1.82) is 0 Å². The molecule has 0 N–H and O–H groups in total. The summed E-state index contributed by atoms with van der Waals surface area (Å²) in [7, 11) is 0. The van der Waals surface area contributed by atoms with Gasteiger partial charge >= 0.3 is 0 Å². The Hall–Kier alpha value is -7.10. The Morgan fingerprint density at radius 3 is 1.95 bits per heavy atom. The van der Waals surface area contributed by atoms with Gasteiger partial charge in [-0.25, -0.2) is 0 Å². The van der Waals surface area contributed by atoms with Gasteiger partial charge in [0.1, 0.15) is 5.58 Å². The molecule has 0 aliphatic heterocycles. The fraction of sp³-hybridized carbons (Fsp3) is 0.0385. The van der Waals surface area contributed by atoms with Crippen LogP contribution in [0.2, 0.25) is 0 Å². The molecule has 2 atom stereocenters. The molecule has 0 fully saturated rings. The van der Waals surface area contributed by atoms with Gasteiger partial charge in [0.2, 0.25) is 0 Å². The van der Waals surface area contributed by atoms with E-state index in [1.807, 2.05) is 12.1 Å². The maximum Gasteiger partial charge on any atom is 0.159 e. The van der Waals surface area contributed by atoms with Gasteiger partial charge in [0.05, 0.1) is 22.8 Å². The summed E-state index contributed by atoms with van der Waals surface area (Å²) in [6.07, 6.45) is 15.7. The molecule has 3 heteroatoms. The first kappa shape index (κ1) is 31.4. The van der Waals surface area contributed by atoms with Gasteiger partial charge in [-0.05, 0) is 82.4 Å². The van der Waals surface area contributed by atoms with E-state index < -0.39 is 0 Å². The number of hydrogen-bond donors (Lipinski definition) is 0. The third-order valence-electron chi connectivity index (χ3n) is 11.4. The van der Waals surface area contributed by atoms with Crippen LogP contribution < -0.4 is 4.90 Å². The summed E-state index contributed by atoms with van der Waals surface area (Å²) in [5, 5.41) is 4.70. The van der Waals surface area contributed by atoms with Crippen LogP contribution in [0.1, 0.15) is 0 Å². The van der Waals surface area contributed by atoms with Crippen molar-refractivity contribution in [1.82, 2.24) is 4.57 Å². The molecule has 9 aromatic rings. The van der Waals surface area contributed by atoms with Crippen LogP contribution in [0.4, 0.5) is 11.4 Å². The molecule has 0 saturated carbocycles. The van der Waals surface area contributed by atoms with Crippen molar-refractivity contribution < 1.29 is 4.42 Å². The minimum absolute atomic E-state index is 0.133. The zero-order valence-electron chi connectivity index (χ0n) is 30.1. The zero-order valence-corrected chi connectivity index (χ0v) is 30.1. The molecule has 3 nitrogen and oxygen atoms in total. The molecule has 1 unspecified atom stereocenters. The van der Waals surface area contributed by atoms with Crippen LogP contribution in [0.3, 0.4) is 0 Å². The Morgan fingerprint density at radius 2 is 1.13 bits per heavy atom. The number of benzene rings is 7. The number of para-hydroxylation sites is 3. The lowest BCUT2D eigenvalue weighted by atomic mass is 9.83. The molecule has 7 aromatic carbocycles. The molecule has 0 spiro atoms. The van der Waals surface area contributed by atoms with E-state index in [9.17, 15) is 0 Å². The van der Waals surface area contributed by atoms with E-state index in [2.05, 4.69) is 204 Å². The molecule has 11 rings (SSSR count). The topological polar surface area (TPSA) is 21.3 Å². The van der Waals surface area contributed by atoms with Gasteiger partial charge in [0.25, 0.3) is 0 Å². The van der Waals surface area contributed by atoms with E-state index in [1.54, 1.807) is 0 Å². The van der Waals surface area contributed by atoms with Crippen LogP contribution >= 0.6 is 0 Å². The summed E-state index contributed by atoms with van der Waals surface area (Å²) in [6, 6.07) is 59.2. The molecule has 2 aliphatic carbocycles. The Kier molecular flexibility index (Phi) is 7.31. The molecule has 0 amide bonds. The quantitative estimate of drug-likeness (QED) is 0.172. The Labute approximate surface area is 319 Å². The van der Waals surface area contributed by atoms with Crippen LogP contribution in [0.15, 0.2) is 216 Å². The molecule has 2 aliphatic rings. The first-order chi connectivity index (χ1) is 27.3. The Morgan fingerprint density at radius 1 is 0.473 bits per heavy atom. The van der Waals surface area contributed by atoms with E-state index in [1.165, 1.54) is 44.3 Å².